The van der Waals surface area contributed by atoms with E-state index in [0.29, 0.717) is 0 Å². The molecule has 0 saturated carbocycles. The molecule has 0 bridgehead atoms. The maximum atomic E-state index is 4.49. The van der Waals surface area contributed by atoms with Crippen LogP contribution in [0.1, 0.15) is 11.3 Å². The van der Waals surface area contributed by atoms with Crippen LogP contribution in [0.3, 0.4) is 0 Å². The number of benzene rings is 3. The van der Waals surface area contributed by atoms with Crippen LogP contribution in [0.15, 0.2) is 84.9 Å². The van der Waals surface area contributed by atoms with Crippen LogP contribution in [0, 0.1) is 0 Å². The Labute approximate surface area is 141 Å². The quantitative estimate of drug-likeness (QED) is 0.578. The van der Waals surface area contributed by atoms with E-state index >= 15 is 0 Å². The minimum atomic E-state index is 0.778. The van der Waals surface area contributed by atoms with E-state index in [1.54, 1.807) is 0 Å². The van der Waals surface area contributed by atoms with Gasteiger partial charge in [-0.2, -0.15) is 5.10 Å². The summed E-state index contributed by atoms with van der Waals surface area (Å²) in [4.78, 5) is 0. The Morgan fingerprint density at radius 1 is 0.625 bits per heavy atom. The molecule has 0 fully saturated rings. The lowest BCUT2D eigenvalue weighted by molar-refractivity contribution is 0.962. The number of aromatic nitrogens is 2. The summed E-state index contributed by atoms with van der Waals surface area (Å²) in [5.41, 5.74) is 3.24. The van der Waals surface area contributed by atoms with Crippen LogP contribution in [0.5, 0.6) is 0 Å². The topological polar surface area (TPSA) is 37.8 Å². The average Bonchev–Trinajstić information content (AvgIpc) is 2.65. The smallest absolute Gasteiger partial charge is 0.160 e. The van der Waals surface area contributed by atoms with Gasteiger partial charge in [0.05, 0.1) is 5.69 Å². The van der Waals surface area contributed by atoms with Gasteiger partial charge < -0.3 is 5.32 Å². The maximum absolute atomic E-state index is 4.49. The molecule has 24 heavy (non-hydrogen) atoms. The fourth-order valence-corrected chi connectivity index (χ4v) is 2.83. The van der Waals surface area contributed by atoms with Crippen LogP contribution in [-0.2, 0) is 6.42 Å². The van der Waals surface area contributed by atoms with Crippen LogP contribution >= 0.6 is 0 Å². The molecule has 0 aliphatic rings. The van der Waals surface area contributed by atoms with Crippen molar-refractivity contribution in [1.82, 2.24) is 10.2 Å². The Kier molecular flexibility index (Phi) is 3.90. The number of hydrogen-bond donors (Lipinski definition) is 1. The molecule has 1 aromatic heterocycles. The van der Waals surface area contributed by atoms with Crippen LogP contribution in [-0.4, -0.2) is 10.2 Å². The number of hydrogen-bond acceptors (Lipinski definition) is 3. The molecule has 3 nitrogen and oxygen atoms in total. The first kappa shape index (κ1) is 14.4. The van der Waals surface area contributed by atoms with Gasteiger partial charge in [-0.15, -0.1) is 5.10 Å². The van der Waals surface area contributed by atoms with Crippen LogP contribution < -0.4 is 5.32 Å². The highest BCUT2D eigenvalue weighted by atomic mass is 15.2. The normalized spacial score (nSPS) is 10.7. The summed E-state index contributed by atoms with van der Waals surface area (Å²) in [6.07, 6.45) is 0.778. The van der Waals surface area contributed by atoms with Crippen molar-refractivity contribution in [2.75, 3.05) is 5.32 Å². The van der Waals surface area contributed by atoms with Gasteiger partial charge in [0.15, 0.2) is 5.82 Å². The van der Waals surface area contributed by atoms with Crippen molar-refractivity contribution in [3.63, 3.8) is 0 Å². The number of anilines is 2. The molecular formula is C21H17N3. The summed E-state index contributed by atoms with van der Waals surface area (Å²) in [7, 11) is 0. The summed E-state index contributed by atoms with van der Waals surface area (Å²) >= 11 is 0. The Morgan fingerprint density at radius 2 is 1.25 bits per heavy atom. The summed E-state index contributed by atoms with van der Waals surface area (Å²) in [5, 5.41) is 14.5. The molecule has 1 heterocycles. The number of rotatable bonds is 4. The van der Waals surface area contributed by atoms with Crippen molar-refractivity contribution < 1.29 is 0 Å². The zero-order chi connectivity index (χ0) is 16.2. The van der Waals surface area contributed by atoms with Gasteiger partial charge in [-0.1, -0.05) is 72.8 Å². The van der Waals surface area contributed by atoms with E-state index in [9.17, 15) is 0 Å². The van der Waals surface area contributed by atoms with Crippen molar-refractivity contribution in [1.29, 1.82) is 0 Å². The molecule has 4 aromatic rings. The van der Waals surface area contributed by atoms with Crippen LogP contribution in [0.25, 0.3) is 10.8 Å². The molecule has 0 spiro atoms. The van der Waals surface area contributed by atoms with Crippen molar-refractivity contribution >= 4 is 22.3 Å². The number of para-hydroxylation sites is 1. The standard InChI is InChI=1S/C21H17N3/c1-3-9-16(10-4-1)15-20-18-13-7-8-14-19(18)21(24-23-20)22-17-11-5-2-6-12-17/h1-14H,15H2,(H,22,24). The predicted molar refractivity (Wildman–Crippen MR) is 98.5 cm³/mol. The third kappa shape index (κ3) is 2.97. The average molecular weight is 311 g/mol. The monoisotopic (exact) mass is 311 g/mol. The van der Waals surface area contributed by atoms with Gasteiger partial charge in [-0.05, 0) is 17.7 Å². The van der Waals surface area contributed by atoms with E-state index in [2.05, 4.69) is 51.9 Å². The molecule has 0 amide bonds. The molecule has 0 aliphatic heterocycles. The van der Waals surface area contributed by atoms with Gasteiger partial charge in [0.25, 0.3) is 0 Å². The second-order valence-corrected chi connectivity index (χ2v) is 5.69. The van der Waals surface area contributed by atoms with Crippen molar-refractivity contribution in [2.24, 2.45) is 0 Å². The highest BCUT2D eigenvalue weighted by Gasteiger charge is 2.09. The Bertz CT molecular complexity index is 870. The SMILES string of the molecule is c1ccc(Cc2nnc(Nc3ccccc3)c3ccccc23)cc1. The van der Waals surface area contributed by atoms with E-state index in [1.807, 2.05) is 48.5 Å². The lowest BCUT2D eigenvalue weighted by Gasteiger charge is -2.11. The van der Waals surface area contributed by atoms with Gasteiger partial charge in [0, 0.05) is 22.9 Å². The van der Waals surface area contributed by atoms with E-state index in [-0.39, 0.29) is 0 Å². The minimum absolute atomic E-state index is 0.778. The maximum Gasteiger partial charge on any atom is 0.160 e. The third-order valence-electron chi connectivity index (χ3n) is 4.01. The zero-order valence-electron chi connectivity index (χ0n) is 13.2. The summed E-state index contributed by atoms with van der Waals surface area (Å²) in [6.45, 7) is 0. The minimum Gasteiger partial charge on any atom is -0.338 e. The second kappa shape index (κ2) is 6.50. The number of fused-ring (bicyclic) bond motifs is 1. The van der Waals surface area contributed by atoms with E-state index < -0.39 is 0 Å². The molecule has 0 atom stereocenters. The Morgan fingerprint density at radius 3 is 2.00 bits per heavy atom. The number of nitrogens with zero attached hydrogens (tertiary/aromatic N) is 2. The van der Waals surface area contributed by atoms with E-state index in [4.69, 9.17) is 0 Å². The summed E-state index contributed by atoms with van der Waals surface area (Å²) < 4.78 is 0. The first-order valence-electron chi connectivity index (χ1n) is 8.00. The molecule has 0 unspecified atom stereocenters. The highest BCUT2D eigenvalue weighted by Crippen LogP contribution is 2.26. The Balaban J connectivity index is 1.74. The summed E-state index contributed by atoms with van der Waals surface area (Å²) in [5.74, 6) is 0.786. The fourth-order valence-electron chi connectivity index (χ4n) is 2.83. The van der Waals surface area contributed by atoms with Crippen molar-refractivity contribution in [2.45, 2.75) is 6.42 Å². The first-order valence-corrected chi connectivity index (χ1v) is 8.00. The second-order valence-electron chi connectivity index (χ2n) is 5.69. The molecule has 0 radical (unpaired) electrons. The predicted octanol–water partition coefficient (Wildman–Crippen LogP) is 4.96. The zero-order valence-corrected chi connectivity index (χ0v) is 13.2. The molecule has 1 N–H and O–H groups in total. The van der Waals surface area contributed by atoms with E-state index in [0.717, 1.165) is 34.4 Å². The van der Waals surface area contributed by atoms with Crippen LogP contribution in [0.4, 0.5) is 11.5 Å². The molecule has 3 aromatic carbocycles. The molecule has 116 valence electrons. The molecule has 4 rings (SSSR count). The molecule has 0 aliphatic carbocycles. The van der Waals surface area contributed by atoms with Gasteiger partial charge in [0.2, 0.25) is 0 Å². The van der Waals surface area contributed by atoms with Gasteiger partial charge in [0.1, 0.15) is 0 Å². The van der Waals surface area contributed by atoms with Crippen molar-refractivity contribution in [3.05, 3.63) is 96.2 Å². The van der Waals surface area contributed by atoms with E-state index in [1.165, 1.54) is 5.56 Å². The lowest BCUT2D eigenvalue weighted by Crippen LogP contribution is -2.02. The molecule has 3 heteroatoms. The fraction of sp³-hybridized carbons (Fsp3) is 0.0476. The molecule has 0 saturated heterocycles. The first-order chi connectivity index (χ1) is 11.9. The largest absolute Gasteiger partial charge is 0.338 e. The van der Waals surface area contributed by atoms with Gasteiger partial charge in [-0.25, -0.2) is 0 Å². The highest BCUT2D eigenvalue weighted by molar-refractivity contribution is 5.94. The third-order valence-corrected chi connectivity index (χ3v) is 4.01. The van der Waals surface area contributed by atoms with Gasteiger partial charge >= 0.3 is 0 Å². The lowest BCUT2D eigenvalue weighted by atomic mass is 10.0. The van der Waals surface area contributed by atoms with Crippen LogP contribution in [0.2, 0.25) is 0 Å². The van der Waals surface area contributed by atoms with Gasteiger partial charge in [-0.3, -0.25) is 0 Å². The Hall–Kier alpha value is -3.20. The summed E-state index contributed by atoms with van der Waals surface area (Å²) in [6, 6.07) is 28.7. The number of nitrogens with one attached hydrogen (secondary N) is 1. The van der Waals surface area contributed by atoms with Crippen molar-refractivity contribution in [3.8, 4) is 0 Å². The molecular weight excluding hydrogens is 294 g/mol.